The number of esters is 1. The summed E-state index contributed by atoms with van der Waals surface area (Å²) in [4.78, 5) is 26.5. The van der Waals surface area contributed by atoms with E-state index in [1.165, 1.54) is 0 Å². The van der Waals surface area contributed by atoms with Crippen molar-refractivity contribution in [2.45, 2.75) is 32.6 Å². The van der Waals surface area contributed by atoms with Crippen LogP contribution in [0.2, 0.25) is 0 Å². The first-order valence-corrected chi connectivity index (χ1v) is 9.92. The predicted octanol–water partition coefficient (Wildman–Crippen LogP) is 2.33. The SMILES string of the molecule is CCOC(=O)C1=C(C)OC(N)=C(C#N)[C@@H]1c1ccc(OCC(=O)N2CCCC2)cc1. The second kappa shape index (κ2) is 9.35. The number of likely N-dealkylation sites (tertiary alicyclic amines) is 1. The van der Waals surface area contributed by atoms with Crippen LogP contribution in [-0.4, -0.2) is 43.1 Å². The maximum Gasteiger partial charge on any atom is 0.338 e. The van der Waals surface area contributed by atoms with E-state index in [1.54, 1.807) is 43.0 Å². The van der Waals surface area contributed by atoms with Gasteiger partial charge in [0.1, 0.15) is 23.2 Å². The molecule has 1 atom stereocenters. The zero-order chi connectivity index (χ0) is 21.7. The molecule has 1 fully saturated rings. The first kappa shape index (κ1) is 21.2. The van der Waals surface area contributed by atoms with Crippen LogP contribution in [0.5, 0.6) is 5.75 Å². The van der Waals surface area contributed by atoms with Crippen molar-refractivity contribution in [1.82, 2.24) is 4.90 Å². The Morgan fingerprint density at radius 2 is 1.93 bits per heavy atom. The van der Waals surface area contributed by atoms with E-state index in [-0.39, 0.29) is 36.2 Å². The van der Waals surface area contributed by atoms with Crippen molar-refractivity contribution in [3.8, 4) is 11.8 Å². The van der Waals surface area contributed by atoms with Crippen LogP contribution in [0.1, 0.15) is 38.2 Å². The minimum atomic E-state index is -0.705. The second-order valence-electron chi connectivity index (χ2n) is 7.06. The molecule has 0 aliphatic carbocycles. The minimum absolute atomic E-state index is 0.0278. The summed E-state index contributed by atoms with van der Waals surface area (Å²) in [7, 11) is 0. The third kappa shape index (κ3) is 4.40. The molecule has 8 nitrogen and oxygen atoms in total. The van der Waals surface area contributed by atoms with Gasteiger partial charge >= 0.3 is 5.97 Å². The number of benzene rings is 1. The maximum atomic E-state index is 12.5. The van der Waals surface area contributed by atoms with Crippen LogP contribution >= 0.6 is 0 Å². The summed E-state index contributed by atoms with van der Waals surface area (Å²) in [6.07, 6.45) is 2.05. The number of carbonyl (C=O) groups excluding carboxylic acids is 2. The number of hydrogen-bond donors (Lipinski definition) is 1. The largest absolute Gasteiger partial charge is 0.484 e. The molecule has 0 aromatic heterocycles. The summed E-state index contributed by atoms with van der Waals surface area (Å²) in [5, 5.41) is 9.60. The highest BCUT2D eigenvalue weighted by molar-refractivity contribution is 5.92. The smallest absolute Gasteiger partial charge is 0.338 e. The fraction of sp³-hybridized carbons (Fsp3) is 0.409. The van der Waals surface area contributed by atoms with Crippen molar-refractivity contribution in [1.29, 1.82) is 5.26 Å². The van der Waals surface area contributed by atoms with E-state index in [4.69, 9.17) is 19.9 Å². The third-order valence-electron chi connectivity index (χ3n) is 5.14. The molecule has 3 rings (SSSR count). The molecule has 1 aromatic carbocycles. The van der Waals surface area contributed by atoms with Gasteiger partial charge in [0.2, 0.25) is 5.88 Å². The summed E-state index contributed by atoms with van der Waals surface area (Å²) < 4.78 is 16.2. The summed E-state index contributed by atoms with van der Waals surface area (Å²) in [6.45, 7) is 5.04. The fourth-order valence-electron chi connectivity index (χ4n) is 3.65. The first-order chi connectivity index (χ1) is 14.5. The van der Waals surface area contributed by atoms with Gasteiger partial charge in [0, 0.05) is 13.1 Å². The number of carbonyl (C=O) groups is 2. The molecule has 2 N–H and O–H groups in total. The molecule has 2 aliphatic rings. The molecule has 1 saturated heterocycles. The number of allylic oxidation sites excluding steroid dienone is 2. The van der Waals surface area contributed by atoms with Crippen molar-refractivity contribution in [2.24, 2.45) is 5.73 Å². The average Bonchev–Trinajstić information content (AvgIpc) is 3.27. The Morgan fingerprint density at radius 1 is 1.27 bits per heavy atom. The summed E-state index contributed by atoms with van der Waals surface area (Å²) in [5.41, 5.74) is 6.94. The molecule has 1 aromatic rings. The van der Waals surface area contributed by atoms with Gasteiger partial charge in [-0.05, 0) is 44.4 Å². The molecule has 0 radical (unpaired) electrons. The Morgan fingerprint density at radius 3 is 2.53 bits per heavy atom. The zero-order valence-electron chi connectivity index (χ0n) is 17.1. The van der Waals surface area contributed by atoms with Gasteiger partial charge in [0.25, 0.3) is 5.91 Å². The lowest BCUT2D eigenvalue weighted by Gasteiger charge is -2.27. The van der Waals surface area contributed by atoms with Crippen LogP contribution in [0.25, 0.3) is 0 Å². The lowest BCUT2D eigenvalue weighted by atomic mass is 9.83. The number of ether oxygens (including phenoxy) is 3. The van der Waals surface area contributed by atoms with E-state index in [2.05, 4.69) is 0 Å². The van der Waals surface area contributed by atoms with Crippen LogP contribution < -0.4 is 10.5 Å². The van der Waals surface area contributed by atoms with Gasteiger partial charge in [-0.25, -0.2) is 4.79 Å². The molecule has 30 heavy (non-hydrogen) atoms. The highest BCUT2D eigenvalue weighted by atomic mass is 16.5. The molecule has 0 saturated carbocycles. The van der Waals surface area contributed by atoms with Crippen molar-refractivity contribution in [2.75, 3.05) is 26.3 Å². The van der Waals surface area contributed by atoms with Gasteiger partial charge in [-0.2, -0.15) is 5.26 Å². The number of amides is 1. The first-order valence-electron chi connectivity index (χ1n) is 9.92. The van der Waals surface area contributed by atoms with Crippen LogP contribution in [0.15, 0.2) is 47.1 Å². The summed E-state index contributed by atoms with van der Waals surface area (Å²) >= 11 is 0. The Hall–Kier alpha value is -3.47. The van der Waals surface area contributed by atoms with Crippen molar-refractivity contribution in [3.05, 3.63) is 52.6 Å². The zero-order valence-corrected chi connectivity index (χ0v) is 17.1. The van der Waals surface area contributed by atoms with Crippen LogP contribution in [0.4, 0.5) is 0 Å². The molecule has 0 spiro atoms. The molecule has 2 heterocycles. The maximum absolute atomic E-state index is 12.5. The molecule has 1 amide bonds. The van der Waals surface area contributed by atoms with E-state index in [1.807, 2.05) is 6.07 Å². The Bertz CT molecular complexity index is 921. The van der Waals surface area contributed by atoms with Crippen LogP contribution in [-0.2, 0) is 19.1 Å². The third-order valence-corrected chi connectivity index (χ3v) is 5.14. The van der Waals surface area contributed by atoms with Gasteiger partial charge in [0.05, 0.1) is 18.1 Å². The van der Waals surface area contributed by atoms with Gasteiger partial charge in [-0.1, -0.05) is 12.1 Å². The van der Waals surface area contributed by atoms with Gasteiger partial charge in [-0.3, -0.25) is 4.79 Å². The van der Waals surface area contributed by atoms with E-state index in [0.29, 0.717) is 17.1 Å². The summed E-state index contributed by atoms with van der Waals surface area (Å²) in [5.74, 6) is -0.519. The number of nitrogens with zero attached hydrogens (tertiary/aromatic N) is 2. The molecule has 0 bridgehead atoms. The van der Waals surface area contributed by atoms with Crippen molar-refractivity contribution >= 4 is 11.9 Å². The normalized spacial score (nSPS) is 18.7. The van der Waals surface area contributed by atoms with Crippen molar-refractivity contribution in [3.63, 3.8) is 0 Å². The van der Waals surface area contributed by atoms with Gasteiger partial charge < -0.3 is 24.8 Å². The molecular formula is C22H25N3O5. The van der Waals surface area contributed by atoms with Crippen LogP contribution in [0, 0.1) is 11.3 Å². The molecular weight excluding hydrogens is 386 g/mol. The number of rotatable bonds is 6. The molecule has 8 heteroatoms. The Balaban J connectivity index is 1.80. The Labute approximate surface area is 175 Å². The van der Waals surface area contributed by atoms with E-state index >= 15 is 0 Å². The lowest BCUT2D eigenvalue weighted by molar-refractivity contribution is -0.139. The van der Waals surface area contributed by atoms with E-state index in [0.717, 1.165) is 25.9 Å². The number of nitrogens with two attached hydrogens (primary N) is 1. The monoisotopic (exact) mass is 411 g/mol. The van der Waals surface area contributed by atoms with E-state index in [9.17, 15) is 14.9 Å². The second-order valence-corrected chi connectivity index (χ2v) is 7.06. The fourth-order valence-corrected chi connectivity index (χ4v) is 3.65. The Kier molecular flexibility index (Phi) is 6.62. The molecule has 2 aliphatic heterocycles. The van der Waals surface area contributed by atoms with E-state index < -0.39 is 11.9 Å². The highest BCUT2D eigenvalue weighted by Crippen LogP contribution is 2.39. The number of nitriles is 1. The quantitative estimate of drug-likeness (QED) is 0.714. The van der Waals surface area contributed by atoms with Crippen molar-refractivity contribution < 1.29 is 23.8 Å². The van der Waals surface area contributed by atoms with Crippen LogP contribution in [0.3, 0.4) is 0 Å². The van der Waals surface area contributed by atoms with Gasteiger partial charge in [-0.15, -0.1) is 0 Å². The molecule has 158 valence electrons. The topological polar surface area (TPSA) is 115 Å². The number of hydrogen-bond acceptors (Lipinski definition) is 7. The molecule has 0 unspecified atom stereocenters. The highest BCUT2D eigenvalue weighted by Gasteiger charge is 2.36. The van der Waals surface area contributed by atoms with Gasteiger partial charge in [0.15, 0.2) is 6.61 Å². The minimum Gasteiger partial charge on any atom is -0.484 e. The predicted molar refractivity (Wildman–Crippen MR) is 108 cm³/mol. The standard InChI is InChI=1S/C22H25N3O5/c1-3-28-22(27)19-14(2)30-21(24)17(12-23)20(19)15-6-8-16(9-7-15)29-13-18(26)25-10-4-5-11-25/h6-9,20H,3-5,10-11,13,24H2,1-2H3/t20-/m0/s1. The lowest BCUT2D eigenvalue weighted by Crippen LogP contribution is -2.32. The summed E-state index contributed by atoms with van der Waals surface area (Å²) in [6, 6.07) is 8.92. The average molecular weight is 411 g/mol.